The Hall–Kier alpha value is -2.02. The number of nitrogens with two attached hydrogens (primary N) is 1. The number of hydrogen-bond donors (Lipinski definition) is 1. The first-order valence-corrected chi connectivity index (χ1v) is 7.05. The lowest BCUT2D eigenvalue weighted by Gasteiger charge is -2.02. The highest BCUT2D eigenvalue weighted by Crippen LogP contribution is 2.18. The fourth-order valence-electron chi connectivity index (χ4n) is 1.37. The monoisotopic (exact) mass is 293 g/mol. The first-order valence-electron chi connectivity index (χ1n) is 6.06. The van der Waals surface area contributed by atoms with Crippen molar-refractivity contribution in [3.8, 4) is 5.75 Å². The van der Waals surface area contributed by atoms with Gasteiger partial charge in [-0.1, -0.05) is 29.5 Å². The maximum atomic E-state index is 10.6. The SMILES string of the molecule is Cc1ccc(OCc2nnc(SCCC(N)=O)o2)cc1. The van der Waals surface area contributed by atoms with E-state index in [0.29, 0.717) is 16.9 Å². The van der Waals surface area contributed by atoms with Gasteiger partial charge in [-0.15, -0.1) is 10.2 Å². The molecule has 1 aromatic carbocycles. The standard InChI is InChI=1S/C13H15N3O3S/c1-9-2-4-10(5-3-9)18-8-12-15-16-13(19-12)20-7-6-11(14)17/h2-5H,6-8H2,1H3,(H2,14,17). The number of rotatable bonds is 7. The van der Waals surface area contributed by atoms with Crippen molar-refractivity contribution in [2.75, 3.05) is 5.75 Å². The summed E-state index contributed by atoms with van der Waals surface area (Å²) >= 11 is 1.30. The van der Waals surface area contributed by atoms with Crippen LogP contribution in [-0.2, 0) is 11.4 Å². The van der Waals surface area contributed by atoms with Crippen LogP contribution in [0.3, 0.4) is 0 Å². The van der Waals surface area contributed by atoms with Gasteiger partial charge < -0.3 is 14.9 Å². The fourth-order valence-corrected chi connectivity index (χ4v) is 2.10. The van der Waals surface area contributed by atoms with E-state index >= 15 is 0 Å². The molecule has 6 nitrogen and oxygen atoms in total. The molecule has 0 bridgehead atoms. The Morgan fingerprint density at radius 1 is 1.35 bits per heavy atom. The molecule has 2 N–H and O–H groups in total. The third kappa shape index (κ3) is 4.58. The van der Waals surface area contributed by atoms with Crippen LogP contribution in [0.25, 0.3) is 0 Å². The number of carbonyl (C=O) groups excluding carboxylic acids is 1. The minimum absolute atomic E-state index is 0.215. The normalized spacial score (nSPS) is 10.4. The average molecular weight is 293 g/mol. The van der Waals surface area contributed by atoms with E-state index in [9.17, 15) is 4.79 Å². The largest absolute Gasteiger partial charge is 0.484 e. The minimum atomic E-state index is -0.347. The van der Waals surface area contributed by atoms with Gasteiger partial charge in [-0.05, 0) is 19.1 Å². The van der Waals surface area contributed by atoms with Crippen LogP contribution in [0.15, 0.2) is 33.9 Å². The van der Waals surface area contributed by atoms with Gasteiger partial charge in [0.2, 0.25) is 5.91 Å². The second-order valence-electron chi connectivity index (χ2n) is 4.13. The Balaban J connectivity index is 1.80. The third-order valence-electron chi connectivity index (χ3n) is 2.41. The lowest BCUT2D eigenvalue weighted by atomic mass is 10.2. The summed E-state index contributed by atoms with van der Waals surface area (Å²) in [6, 6.07) is 7.70. The molecule has 0 saturated heterocycles. The van der Waals surface area contributed by atoms with Gasteiger partial charge in [0.05, 0.1) is 0 Å². The molecule has 20 heavy (non-hydrogen) atoms. The van der Waals surface area contributed by atoms with Gasteiger partial charge in [-0.3, -0.25) is 4.79 Å². The number of carbonyl (C=O) groups is 1. The molecule has 0 radical (unpaired) electrons. The molecule has 2 aromatic rings. The number of amides is 1. The maximum absolute atomic E-state index is 10.6. The Bertz CT molecular complexity index is 568. The number of aromatic nitrogens is 2. The summed E-state index contributed by atoms with van der Waals surface area (Å²) in [5.74, 6) is 1.32. The summed E-state index contributed by atoms with van der Waals surface area (Å²) in [5, 5.41) is 8.13. The number of primary amides is 1. The molecular weight excluding hydrogens is 278 g/mol. The molecule has 106 valence electrons. The van der Waals surface area contributed by atoms with Crippen LogP contribution in [0.5, 0.6) is 5.75 Å². The minimum Gasteiger partial charge on any atom is -0.484 e. The quantitative estimate of drug-likeness (QED) is 0.784. The smallest absolute Gasteiger partial charge is 0.276 e. The first-order chi connectivity index (χ1) is 9.63. The number of benzene rings is 1. The predicted octanol–water partition coefficient (Wildman–Crippen LogP) is 1.92. The van der Waals surface area contributed by atoms with E-state index in [-0.39, 0.29) is 18.9 Å². The van der Waals surface area contributed by atoms with Crippen molar-refractivity contribution in [3.05, 3.63) is 35.7 Å². The Morgan fingerprint density at radius 3 is 2.80 bits per heavy atom. The molecule has 1 amide bonds. The van der Waals surface area contributed by atoms with Crippen LogP contribution >= 0.6 is 11.8 Å². The van der Waals surface area contributed by atoms with Gasteiger partial charge in [-0.25, -0.2) is 0 Å². The van der Waals surface area contributed by atoms with Crippen LogP contribution in [0.4, 0.5) is 0 Å². The van der Waals surface area contributed by atoms with Gasteiger partial charge in [0, 0.05) is 12.2 Å². The summed E-state index contributed by atoms with van der Waals surface area (Å²) in [5.41, 5.74) is 6.22. The Morgan fingerprint density at radius 2 is 2.10 bits per heavy atom. The van der Waals surface area contributed by atoms with Crippen molar-refractivity contribution < 1.29 is 13.9 Å². The number of thioether (sulfide) groups is 1. The molecular formula is C13H15N3O3S. The predicted molar refractivity (Wildman–Crippen MR) is 74.3 cm³/mol. The van der Waals surface area contributed by atoms with Gasteiger partial charge >= 0.3 is 0 Å². The van der Waals surface area contributed by atoms with Gasteiger partial charge in [0.25, 0.3) is 11.1 Å². The molecule has 0 atom stereocenters. The average Bonchev–Trinajstić information content (AvgIpc) is 2.86. The van der Waals surface area contributed by atoms with E-state index in [4.69, 9.17) is 14.9 Å². The Kier molecular flexibility index (Phi) is 5.00. The summed E-state index contributed by atoms with van der Waals surface area (Å²) in [6.07, 6.45) is 0.280. The zero-order chi connectivity index (χ0) is 14.4. The van der Waals surface area contributed by atoms with E-state index in [0.717, 1.165) is 5.75 Å². The molecule has 0 aliphatic rings. The van der Waals surface area contributed by atoms with Crippen molar-refractivity contribution in [3.63, 3.8) is 0 Å². The van der Waals surface area contributed by atoms with E-state index in [1.54, 1.807) is 0 Å². The van der Waals surface area contributed by atoms with Crippen molar-refractivity contribution in [1.29, 1.82) is 0 Å². The topological polar surface area (TPSA) is 91.2 Å². The van der Waals surface area contributed by atoms with Crippen molar-refractivity contribution in [2.24, 2.45) is 5.73 Å². The van der Waals surface area contributed by atoms with Crippen LogP contribution < -0.4 is 10.5 Å². The first kappa shape index (κ1) is 14.4. The van der Waals surface area contributed by atoms with Gasteiger partial charge in [0.1, 0.15) is 5.75 Å². The van der Waals surface area contributed by atoms with Crippen LogP contribution in [-0.4, -0.2) is 21.9 Å². The zero-order valence-corrected chi connectivity index (χ0v) is 11.9. The summed E-state index contributed by atoms with van der Waals surface area (Å²) in [4.78, 5) is 10.6. The molecule has 7 heteroatoms. The molecule has 0 saturated carbocycles. The lowest BCUT2D eigenvalue weighted by Crippen LogP contribution is -2.10. The molecule has 0 unspecified atom stereocenters. The molecule has 1 heterocycles. The molecule has 0 fully saturated rings. The molecule has 2 rings (SSSR count). The van der Waals surface area contributed by atoms with E-state index in [1.807, 2.05) is 31.2 Å². The van der Waals surface area contributed by atoms with Gasteiger partial charge in [-0.2, -0.15) is 0 Å². The Labute approximate surface area is 120 Å². The highest BCUT2D eigenvalue weighted by Gasteiger charge is 2.08. The highest BCUT2D eigenvalue weighted by molar-refractivity contribution is 7.99. The maximum Gasteiger partial charge on any atom is 0.276 e. The van der Waals surface area contributed by atoms with Crippen molar-refractivity contribution in [2.45, 2.75) is 25.2 Å². The number of hydrogen-bond acceptors (Lipinski definition) is 6. The molecule has 1 aromatic heterocycles. The highest BCUT2D eigenvalue weighted by atomic mass is 32.2. The van der Waals surface area contributed by atoms with Crippen LogP contribution in [0.2, 0.25) is 0 Å². The number of aryl methyl sites for hydroxylation is 1. The van der Waals surface area contributed by atoms with E-state index in [1.165, 1.54) is 17.3 Å². The van der Waals surface area contributed by atoms with Crippen LogP contribution in [0.1, 0.15) is 17.9 Å². The zero-order valence-electron chi connectivity index (χ0n) is 11.0. The molecule has 0 aliphatic carbocycles. The number of ether oxygens (including phenoxy) is 1. The second kappa shape index (κ2) is 6.95. The van der Waals surface area contributed by atoms with Crippen molar-refractivity contribution >= 4 is 17.7 Å². The fraction of sp³-hybridized carbons (Fsp3) is 0.308. The molecule has 0 aliphatic heterocycles. The second-order valence-corrected chi connectivity index (χ2v) is 5.17. The van der Waals surface area contributed by atoms with E-state index in [2.05, 4.69) is 10.2 Å². The van der Waals surface area contributed by atoms with Crippen molar-refractivity contribution in [1.82, 2.24) is 10.2 Å². The molecule has 0 spiro atoms. The van der Waals surface area contributed by atoms with Gasteiger partial charge in [0.15, 0.2) is 6.61 Å². The number of nitrogens with zero attached hydrogens (tertiary/aromatic N) is 2. The van der Waals surface area contributed by atoms with E-state index < -0.39 is 0 Å². The van der Waals surface area contributed by atoms with Crippen LogP contribution in [0, 0.1) is 6.92 Å². The summed E-state index contributed by atoms with van der Waals surface area (Å²) in [7, 11) is 0. The summed E-state index contributed by atoms with van der Waals surface area (Å²) in [6.45, 7) is 2.23. The summed E-state index contributed by atoms with van der Waals surface area (Å²) < 4.78 is 10.9. The lowest BCUT2D eigenvalue weighted by molar-refractivity contribution is -0.117. The third-order valence-corrected chi connectivity index (χ3v) is 3.23.